The molecule has 11 aliphatic rings. The lowest BCUT2D eigenvalue weighted by Crippen LogP contribution is -2.69. The number of hydrogen-bond acceptors (Lipinski definition) is 32. The summed E-state index contributed by atoms with van der Waals surface area (Å²) in [6.45, 7) is 11.3. The second-order valence-corrected chi connectivity index (χ2v) is 35.2. The number of carboxylic acid groups (broad SMARTS) is 2. The maximum Gasteiger partial charge on any atom is 0.335 e. The van der Waals surface area contributed by atoms with Crippen LogP contribution >= 0.6 is 0 Å². The van der Waals surface area contributed by atoms with Gasteiger partial charge in [-0.05, 0) is 117 Å². The summed E-state index contributed by atoms with van der Waals surface area (Å²) in [5.74, 6) is -4.00. The molecule has 0 spiro atoms. The molecule has 0 aromatic rings. The van der Waals surface area contributed by atoms with Crippen LogP contribution in [-0.4, -0.2) is 333 Å². The van der Waals surface area contributed by atoms with Crippen molar-refractivity contribution in [3.63, 3.8) is 0 Å². The van der Waals surface area contributed by atoms with Gasteiger partial charge in [0.25, 0.3) is 0 Å². The molecule has 6 saturated heterocycles. The minimum Gasteiger partial charge on any atom is -0.481 e. The van der Waals surface area contributed by atoms with Crippen molar-refractivity contribution in [2.45, 2.75) is 355 Å². The Bertz CT molecular complexity index is 3160. The molecule has 5 aliphatic carbocycles. The van der Waals surface area contributed by atoms with Gasteiger partial charge in [-0.3, -0.25) is 9.59 Å². The van der Waals surface area contributed by atoms with Gasteiger partial charge in [-0.2, -0.15) is 0 Å². The first-order chi connectivity index (χ1) is 52.3. The van der Waals surface area contributed by atoms with Crippen molar-refractivity contribution in [3.05, 3.63) is 11.6 Å². The van der Waals surface area contributed by atoms with Crippen LogP contribution in [0.5, 0.6) is 0 Å². The molecule has 0 radical (unpaired) electrons. The summed E-state index contributed by atoms with van der Waals surface area (Å²) in [5, 5.41) is 201. The standard InChI is InChI=1S/C76H123NO34/c1-34-59(107-65-54(93)48(87)37(81)30-100-65)53(92)57(96)67(103-34)110-62-51(90)47(77-45(84)16-14-12-10-8-9-11-13-15-17-46(85)86)39(28-78)104-69(62)102-33-76-25-24-71(2,3)26-36(76)35-18-19-42-72(4)22-21-44(73(5,32-80)41(72)20-23-74(42,6)75(35,7)27-43(76)83)106-70-63(111-68-56(95)52(91)50(89)40(29-79)105-68)60(58(97)61(109-70)64(98)99)108-66-55(94)49(88)38(82)31-101-66/h18,32,34,36-44,47-63,65-70,78-79,81-83,87-97H,8-17,19-31,33H2,1-7H3,(H,77,84)(H,85,86)(H,98,99)/t34?,36?,37-,38-,39?,40?,41-,42?,43?,44+,47+,48?,49+,50+,51?,52+,53?,54?,55?,56?,57?,58+,59+,60+,61?,62?,63?,65+,66+,67+,68+,69-,70-,72?,73-,74+,75-,76-/m1/s1. The highest BCUT2D eigenvalue weighted by molar-refractivity contribution is 5.76. The predicted octanol–water partition coefficient (Wildman–Crippen LogP) is -2.26. The lowest BCUT2D eigenvalue weighted by atomic mass is 9.33. The van der Waals surface area contributed by atoms with Gasteiger partial charge in [0.1, 0.15) is 122 Å². The quantitative estimate of drug-likeness (QED) is 0.0163. The van der Waals surface area contributed by atoms with Crippen molar-refractivity contribution in [1.82, 2.24) is 5.32 Å². The Hall–Kier alpha value is -3.30. The van der Waals surface area contributed by atoms with E-state index in [1.165, 1.54) is 6.92 Å². The Morgan fingerprint density at radius 2 is 1.09 bits per heavy atom. The number of fused-ring (bicyclic) bond motifs is 7. The third-order valence-corrected chi connectivity index (χ3v) is 27.8. The maximum absolute atomic E-state index is 14.3. The molecule has 111 heavy (non-hydrogen) atoms. The zero-order valence-corrected chi connectivity index (χ0v) is 64.3. The second-order valence-electron chi connectivity index (χ2n) is 35.2. The number of carbonyl (C=O) groups is 4. The smallest absolute Gasteiger partial charge is 0.335 e. The van der Waals surface area contributed by atoms with Crippen LogP contribution < -0.4 is 5.32 Å². The van der Waals surface area contributed by atoms with Crippen LogP contribution in [0.25, 0.3) is 0 Å². The number of ether oxygens (including phenoxy) is 12. The van der Waals surface area contributed by atoms with Crippen LogP contribution in [-0.2, 0) is 76.0 Å². The molecule has 38 atom stereocenters. The van der Waals surface area contributed by atoms with E-state index in [1.54, 1.807) is 6.92 Å². The van der Waals surface area contributed by atoms with Crippen LogP contribution in [0.4, 0.5) is 0 Å². The van der Waals surface area contributed by atoms with E-state index in [0.29, 0.717) is 64.2 Å². The van der Waals surface area contributed by atoms with E-state index in [0.717, 1.165) is 44.0 Å². The third kappa shape index (κ3) is 17.3. The van der Waals surface area contributed by atoms with Gasteiger partial charge in [-0.25, -0.2) is 4.79 Å². The van der Waals surface area contributed by atoms with Crippen molar-refractivity contribution in [1.29, 1.82) is 0 Å². The number of amides is 1. The number of aldehydes is 1. The number of aliphatic hydroxyl groups excluding tert-OH is 16. The highest BCUT2D eigenvalue weighted by atomic mass is 16.8. The molecule has 1 amide bonds. The average molecular weight is 1590 g/mol. The second kappa shape index (κ2) is 35.7. The monoisotopic (exact) mass is 1590 g/mol. The van der Waals surface area contributed by atoms with Gasteiger partial charge >= 0.3 is 11.9 Å². The summed E-state index contributed by atoms with van der Waals surface area (Å²) in [7, 11) is 0. The van der Waals surface area contributed by atoms with E-state index in [4.69, 9.17) is 61.9 Å². The fourth-order valence-corrected chi connectivity index (χ4v) is 20.9. The van der Waals surface area contributed by atoms with Crippen molar-refractivity contribution in [3.8, 4) is 0 Å². The number of aliphatic carboxylic acids is 2. The number of carbonyl (C=O) groups excluding carboxylic acids is 2. The number of nitrogens with one attached hydrogen (secondary N) is 1. The molecule has 35 nitrogen and oxygen atoms in total. The molecule has 11 rings (SSSR count). The Morgan fingerprint density at radius 3 is 1.69 bits per heavy atom. The summed E-state index contributed by atoms with van der Waals surface area (Å²) in [6, 6.07) is -1.34. The average Bonchev–Trinajstić information content (AvgIpc) is 0.671. The van der Waals surface area contributed by atoms with Crippen LogP contribution in [0.2, 0.25) is 0 Å². The molecule has 0 aromatic heterocycles. The highest BCUT2D eigenvalue weighted by Gasteiger charge is 2.72. The van der Waals surface area contributed by atoms with E-state index in [-0.39, 0.29) is 49.5 Å². The fourth-order valence-electron chi connectivity index (χ4n) is 20.9. The van der Waals surface area contributed by atoms with Gasteiger partial charge in [0.2, 0.25) is 5.91 Å². The SMILES string of the molecule is CC1O[C@@H](OC2C(O)[C@@H](NC(=O)CCCCCCCCCCC(=O)O)C(CO)O[C@H]2OC[C@]23CCC(C)(C)CC2C2=CCC4C5(C)CC[C@H](O[C@@H]6OC(C(=O)O)[C@@H](O)[C@H](O[C@@H]7OC[C@@H](O)[C@H](O)C7O)C6O[C@@H]6OC(CO)[C@H](O)[C@H](O)C6O)[C@](C)(C=O)[C@@H]5CC[C@]4(C)[C@]2(C)CC3O)C(O)C(O)[C@H]1O[C@@H]1OC[C@@H](O)C(O)C1O. The van der Waals surface area contributed by atoms with Gasteiger partial charge in [0, 0.05) is 18.3 Å². The van der Waals surface area contributed by atoms with Crippen molar-refractivity contribution in [2.75, 3.05) is 33.0 Å². The molecular formula is C76H123NO34. The number of carboxylic acids is 2. The van der Waals surface area contributed by atoms with Gasteiger partial charge in [-0.1, -0.05) is 91.7 Å². The lowest BCUT2D eigenvalue weighted by molar-refractivity contribution is -0.391. The lowest BCUT2D eigenvalue weighted by Gasteiger charge is -2.72. The molecule has 35 heteroatoms. The molecule has 0 aromatic carbocycles. The topological polar surface area (TPSA) is 555 Å². The molecule has 636 valence electrons. The zero-order valence-electron chi connectivity index (χ0n) is 64.3. The summed E-state index contributed by atoms with van der Waals surface area (Å²) in [5.41, 5.74) is -3.58. The van der Waals surface area contributed by atoms with Crippen molar-refractivity contribution >= 4 is 24.1 Å². The molecular weight excluding hydrogens is 1470 g/mol. The summed E-state index contributed by atoms with van der Waals surface area (Å²) < 4.78 is 73.9. The Morgan fingerprint density at radius 1 is 0.532 bits per heavy atom. The van der Waals surface area contributed by atoms with E-state index >= 15 is 0 Å². The Kier molecular flexibility index (Phi) is 28.5. The minimum atomic E-state index is -2.21. The Labute approximate surface area is 644 Å². The van der Waals surface area contributed by atoms with Crippen molar-refractivity contribution < 1.29 is 168 Å². The van der Waals surface area contributed by atoms with Gasteiger partial charge in [-0.15, -0.1) is 0 Å². The van der Waals surface area contributed by atoms with Gasteiger partial charge < -0.3 is 159 Å². The van der Waals surface area contributed by atoms with E-state index in [9.17, 15) is 106 Å². The predicted molar refractivity (Wildman–Crippen MR) is 377 cm³/mol. The Balaban J connectivity index is 0.843. The first-order valence-corrected chi connectivity index (χ1v) is 39.7. The molecule has 6 heterocycles. The van der Waals surface area contributed by atoms with E-state index in [1.807, 2.05) is 0 Å². The van der Waals surface area contributed by atoms with Crippen LogP contribution in [0.15, 0.2) is 11.6 Å². The maximum atomic E-state index is 14.3. The number of hydrogen-bond donors (Lipinski definition) is 19. The van der Waals surface area contributed by atoms with E-state index in [2.05, 4.69) is 46.0 Å². The highest BCUT2D eigenvalue weighted by Crippen LogP contribution is 2.76. The van der Waals surface area contributed by atoms with Crippen molar-refractivity contribution in [2.24, 2.45) is 50.2 Å². The fraction of sp³-hybridized carbons (Fsp3) is 0.921. The molecule has 4 saturated carbocycles. The molecule has 0 bridgehead atoms. The number of unbranched alkanes of at least 4 members (excludes halogenated alkanes) is 7. The van der Waals surface area contributed by atoms with Gasteiger partial charge in [0.15, 0.2) is 43.8 Å². The summed E-state index contributed by atoms with van der Waals surface area (Å²) in [4.78, 5) is 52.1. The first-order valence-electron chi connectivity index (χ1n) is 39.7. The number of aliphatic hydroxyl groups is 16. The molecule has 17 unspecified atom stereocenters. The molecule has 6 aliphatic heterocycles. The third-order valence-electron chi connectivity index (χ3n) is 27.8. The van der Waals surface area contributed by atoms with Crippen LogP contribution in [0, 0.1) is 50.2 Å². The van der Waals surface area contributed by atoms with Crippen LogP contribution in [0.1, 0.15) is 170 Å². The molecule has 19 N–H and O–H groups in total. The van der Waals surface area contributed by atoms with Crippen LogP contribution in [0.3, 0.4) is 0 Å². The summed E-state index contributed by atoms with van der Waals surface area (Å²) in [6.07, 6.45) is -36.8. The molecule has 10 fully saturated rings. The first kappa shape index (κ1) is 88.5. The minimum absolute atomic E-state index is 0.0427. The summed E-state index contributed by atoms with van der Waals surface area (Å²) >= 11 is 0. The number of allylic oxidation sites excluding steroid dienone is 2. The normalized spacial score (nSPS) is 49.2. The number of rotatable bonds is 29. The van der Waals surface area contributed by atoms with Gasteiger partial charge in [0.05, 0.1) is 62.8 Å². The zero-order chi connectivity index (χ0) is 80.9. The van der Waals surface area contributed by atoms with E-state index < -0.39 is 261 Å². The largest absolute Gasteiger partial charge is 0.481 e.